The standard InChI is InChI=1S/C40H37N3O2/c1-26(2)21-28-11-9-12-29(22-27(3)4)39(28)37-25-42-40-35-24-32(18-19-33(35)34-15-5-6-16-36(34)43(37)40)44-30-13-10-14-31(23-30)45-38-17-7-8-20-41-38/h5-20,23-27H,21-22H2,1-4H3. The van der Waals surface area contributed by atoms with E-state index in [1.807, 2.05) is 48.5 Å². The molecule has 0 aliphatic carbocycles. The minimum Gasteiger partial charge on any atom is -0.457 e. The van der Waals surface area contributed by atoms with E-state index in [9.17, 15) is 0 Å². The van der Waals surface area contributed by atoms with E-state index in [0.29, 0.717) is 29.2 Å². The van der Waals surface area contributed by atoms with Crippen molar-refractivity contribution in [3.05, 3.63) is 127 Å². The van der Waals surface area contributed by atoms with Crippen molar-refractivity contribution in [2.45, 2.75) is 40.5 Å². The van der Waals surface area contributed by atoms with Gasteiger partial charge < -0.3 is 9.47 Å². The maximum Gasteiger partial charge on any atom is 0.219 e. The van der Waals surface area contributed by atoms with E-state index >= 15 is 0 Å². The van der Waals surface area contributed by atoms with Gasteiger partial charge in [0.15, 0.2) is 0 Å². The number of rotatable bonds is 9. The highest BCUT2D eigenvalue weighted by molar-refractivity contribution is 6.12. The van der Waals surface area contributed by atoms with Gasteiger partial charge in [-0.15, -0.1) is 0 Å². The lowest BCUT2D eigenvalue weighted by Crippen LogP contribution is -2.05. The normalized spacial score (nSPS) is 11.7. The number of nitrogens with zero attached hydrogens (tertiary/aromatic N) is 3. The van der Waals surface area contributed by atoms with Crippen molar-refractivity contribution in [2.75, 3.05) is 0 Å². The molecule has 0 amide bonds. The molecular weight excluding hydrogens is 554 g/mol. The first-order valence-electron chi connectivity index (χ1n) is 15.7. The zero-order valence-electron chi connectivity index (χ0n) is 26.2. The molecule has 0 aliphatic rings. The monoisotopic (exact) mass is 591 g/mol. The van der Waals surface area contributed by atoms with Gasteiger partial charge in [0.2, 0.25) is 5.88 Å². The molecule has 45 heavy (non-hydrogen) atoms. The van der Waals surface area contributed by atoms with Crippen molar-refractivity contribution in [3.8, 4) is 34.4 Å². The number of hydrogen-bond acceptors (Lipinski definition) is 4. The minimum atomic E-state index is 0.538. The second-order valence-electron chi connectivity index (χ2n) is 12.5. The third-order valence-electron chi connectivity index (χ3n) is 8.08. The zero-order valence-corrected chi connectivity index (χ0v) is 26.2. The maximum atomic E-state index is 6.41. The van der Waals surface area contributed by atoms with Crippen LogP contribution in [0.15, 0.2) is 116 Å². The summed E-state index contributed by atoms with van der Waals surface area (Å²) in [6, 6.07) is 34.9. The highest BCUT2D eigenvalue weighted by atomic mass is 16.5. The fourth-order valence-corrected chi connectivity index (χ4v) is 6.33. The van der Waals surface area contributed by atoms with Gasteiger partial charge in [-0.2, -0.15) is 0 Å². The van der Waals surface area contributed by atoms with Crippen molar-refractivity contribution < 1.29 is 9.47 Å². The average Bonchev–Trinajstić information content (AvgIpc) is 3.47. The summed E-state index contributed by atoms with van der Waals surface area (Å²) in [6.45, 7) is 9.16. The van der Waals surface area contributed by atoms with Gasteiger partial charge >= 0.3 is 0 Å². The van der Waals surface area contributed by atoms with E-state index in [1.165, 1.54) is 22.1 Å². The van der Waals surface area contributed by atoms with E-state index in [0.717, 1.165) is 46.2 Å². The van der Waals surface area contributed by atoms with Gasteiger partial charge in [-0.05, 0) is 83.7 Å². The number of benzene rings is 4. The Bertz CT molecular complexity index is 2100. The molecule has 0 fully saturated rings. The van der Waals surface area contributed by atoms with Crippen LogP contribution in [0.3, 0.4) is 0 Å². The first-order valence-corrected chi connectivity index (χ1v) is 15.7. The van der Waals surface area contributed by atoms with E-state index in [-0.39, 0.29) is 0 Å². The second kappa shape index (κ2) is 12.1. The molecule has 0 atom stereocenters. The van der Waals surface area contributed by atoms with Gasteiger partial charge in [-0.25, -0.2) is 9.97 Å². The van der Waals surface area contributed by atoms with Crippen molar-refractivity contribution in [1.29, 1.82) is 0 Å². The summed E-state index contributed by atoms with van der Waals surface area (Å²) < 4.78 is 14.7. The molecule has 3 heterocycles. The lowest BCUT2D eigenvalue weighted by molar-refractivity contribution is 0.449. The molecule has 224 valence electrons. The molecule has 0 saturated carbocycles. The summed E-state index contributed by atoms with van der Waals surface area (Å²) >= 11 is 0. The first-order chi connectivity index (χ1) is 21.9. The lowest BCUT2D eigenvalue weighted by Gasteiger charge is -2.19. The van der Waals surface area contributed by atoms with Crippen molar-refractivity contribution in [1.82, 2.24) is 14.4 Å². The zero-order chi connectivity index (χ0) is 30.9. The predicted molar refractivity (Wildman–Crippen MR) is 184 cm³/mol. The molecule has 0 saturated heterocycles. The number of fused-ring (bicyclic) bond motifs is 6. The van der Waals surface area contributed by atoms with Crippen molar-refractivity contribution in [2.24, 2.45) is 11.8 Å². The Morgan fingerprint density at radius 1 is 0.600 bits per heavy atom. The Labute approximate surface area is 264 Å². The summed E-state index contributed by atoms with van der Waals surface area (Å²) in [5.74, 6) is 3.71. The summed E-state index contributed by atoms with van der Waals surface area (Å²) in [5.41, 5.74) is 7.27. The fourth-order valence-electron chi connectivity index (χ4n) is 6.33. The van der Waals surface area contributed by atoms with Crippen LogP contribution in [0.1, 0.15) is 38.8 Å². The predicted octanol–water partition coefficient (Wildman–Crippen LogP) is 10.7. The molecule has 0 N–H and O–H groups in total. The average molecular weight is 592 g/mol. The molecule has 0 spiro atoms. The number of hydrogen-bond donors (Lipinski definition) is 0. The second-order valence-corrected chi connectivity index (χ2v) is 12.5. The van der Waals surface area contributed by atoms with Crippen LogP contribution < -0.4 is 9.47 Å². The number of para-hydroxylation sites is 1. The Morgan fingerprint density at radius 3 is 2.02 bits per heavy atom. The highest BCUT2D eigenvalue weighted by Gasteiger charge is 2.20. The summed E-state index contributed by atoms with van der Waals surface area (Å²) in [4.78, 5) is 9.37. The lowest BCUT2D eigenvalue weighted by atomic mass is 9.89. The van der Waals surface area contributed by atoms with Crippen molar-refractivity contribution >= 4 is 27.3 Å². The summed E-state index contributed by atoms with van der Waals surface area (Å²) in [6.07, 6.45) is 5.81. The van der Waals surface area contributed by atoms with E-state index in [4.69, 9.17) is 14.5 Å². The largest absolute Gasteiger partial charge is 0.457 e. The van der Waals surface area contributed by atoms with Gasteiger partial charge in [0, 0.05) is 34.7 Å². The third kappa shape index (κ3) is 5.74. The topological polar surface area (TPSA) is 48.7 Å². The number of pyridine rings is 2. The molecular formula is C40H37N3O2. The molecule has 0 bridgehead atoms. The van der Waals surface area contributed by atoms with E-state index < -0.39 is 0 Å². The SMILES string of the molecule is CC(C)Cc1cccc(CC(C)C)c1-c1cnc2c3cc(Oc4cccc(Oc5ccccn5)c4)ccc3c3ccccc3n12. The highest BCUT2D eigenvalue weighted by Crippen LogP contribution is 2.39. The van der Waals surface area contributed by atoms with Gasteiger partial charge in [-0.1, -0.05) is 76.2 Å². The molecule has 5 nitrogen and oxygen atoms in total. The Kier molecular flexibility index (Phi) is 7.68. The molecule has 5 heteroatoms. The number of ether oxygens (including phenoxy) is 2. The van der Waals surface area contributed by atoms with Crippen LogP contribution in [0.2, 0.25) is 0 Å². The van der Waals surface area contributed by atoms with Crippen LogP contribution in [0, 0.1) is 11.8 Å². The van der Waals surface area contributed by atoms with Crippen LogP contribution in [0.4, 0.5) is 0 Å². The number of aromatic nitrogens is 3. The minimum absolute atomic E-state index is 0.538. The van der Waals surface area contributed by atoms with Gasteiger partial charge in [0.05, 0.1) is 17.4 Å². The Morgan fingerprint density at radius 2 is 1.29 bits per heavy atom. The Hall–Kier alpha value is -5.16. The Balaban J connectivity index is 1.37. The van der Waals surface area contributed by atoms with E-state index in [2.05, 4.69) is 97.9 Å². The first kappa shape index (κ1) is 28.6. The molecule has 4 aromatic carbocycles. The third-order valence-corrected chi connectivity index (χ3v) is 8.08. The molecule has 7 aromatic rings. The summed E-state index contributed by atoms with van der Waals surface area (Å²) in [7, 11) is 0. The quantitative estimate of drug-likeness (QED) is 0.157. The fraction of sp³-hybridized carbons (Fsp3) is 0.200. The summed E-state index contributed by atoms with van der Waals surface area (Å²) in [5, 5.41) is 3.38. The molecule has 0 unspecified atom stereocenters. The van der Waals surface area contributed by atoms with Crippen molar-refractivity contribution in [3.63, 3.8) is 0 Å². The molecule has 0 radical (unpaired) electrons. The van der Waals surface area contributed by atoms with Gasteiger partial charge in [-0.3, -0.25) is 4.40 Å². The van der Waals surface area contributed by atoms with Gasteiger partial charge in [0.25, 0.3) is 0 Å². The van der Waals surface area contributed by atoms with Crippen LogP contribution in [-0.2, 0) is 12.8 Å². The van der Waals surface area contributed by atoms with Crippen LogP contribution >= 0.6 is 0 Å². The van der Waals surface area contributed by atoms with Crippen LogP contribution in [0.5, 0.6) is 23.1 Å². The molecule has 3 aromatic heterocycles. The molecule has 7 rings (SSSR count). The van der Waals surface area contributed by atoms with Crippen LogP contribution in [0.25, 0.3) is 38.6 Å². The van der Waals surface area contributed by atoms with E-state index in [1.54, 1.807) is 6.20 Å². The van der Waals surface area contributed by atoms with Crippen LogP contribution in [-0.4, -0.2) is 14.4 Å². The van der Waals surface area contributed by atoms with Gasteiger partial charge in [0.1, 0.15) is 22.9 Å². The number of imidazole rings is 1. The molecule has 0 aliphatic heterocycles. The maximum absolute atomic E-state index is 6.41. The smallest absolute Gasteiger partial charge is 0.219 e.